The maximum Gasteiger partial charge on any atom is 0.208 e. The lowest BCUT2D eigenvalue weighted by molar-refractivity contribution is -0.113. The summed E-state index contributed by atoms with van der Waals surface area (Å²) in [4.78, 5) is 0. The fourth-order valence-corrected chi connectivity index (χ4v) is 3.41. The second kappa shape index (κ2) is 8.83. The highest BCUT2D eigenvalue weighted by Gasteiger charge is 2.31. The van der Waals surface area contributed by atoms with Crippen LogP contribution < -0.4 is 9.46 Å². The van der Waals surface area contributed by atoms with E-state index in [1.807, 2.05) is 36.4 Å². The molecule has 1 aliphatic heterocycles. The number of aliphatic hydroxyl groups excluding tert-OH is 1. The molecule has 0 aliphatic carbocycles. The molecule has 0 amide bonds. The standard InChI is InChI=1S/C18H24N2O6S/c1-27(22,23)19-11-18-17(21)8-7-15(25-18)9-13-10-16(26-20-13)12-24-14-5-3-2-4-6-14/h2-6,10,15,17-19,21H,7-9,11-12H2,1H3/t15-,17-,18+/m0/s1. The molecule has 1 fully saturated rings. The van der Waals surface area contributed by atoms with Crippen molar-refractivity contribution in [3.8, 4) is 5.75 Å². The average Bonchev–Trinajstić information content (AvgIpc) is 3.08. The Hall–Kier alpha value is -1.94. The van der Waals surface area contributed by atoms with Gasteiger partial charge in [-0.2, -0.15) is 0 Å². The highest BCUT2D eigenvalue weighted by molar-refractivity contribution is 7.88. The first kappa shape index (κ1) is 19.8. The van der Waals surface area contributed by atoms with Gasteiger partial charge >= 0.3 is 0 Å². The summed E-state index contributed by atoms with van der Waals surface area (Å²) < 4.78 is 41.6. The van der Waals surface area contributed by atoms with Gasteiger partial charge in [0.2, 0.25) is 10.0 Å². The fourth-order valence-electron chi connectivity index (χ4n) is 2.94. The molecule has 148 valence electrons. The third-order valence-corrected chi connectivity index (χ3v) is 4.99. The zero-order chi connectivity index (χ0) is 19.3. The van der Waals surface area contributed by atoms with Crippen LogP contribution in [0.5, 0.6) is 5.75 Å². The lowest BCUT2D eigenvalue weighted by Crippen LogP contribution is -2.46. The number of nitrogens with zero attached hydrogens (tertiary/aromatic N) is 1. The second-order valence-electron chi connectivity index (χ2n) is 6.65. The third-order valence-electron chi connectivity index (χ3n) is 4.30. The number of hydrogen-bond donors (Lipinski definition) is 2. The summed E-state index contributed by atoms with van der Waals surface area (Å²) in [5.41, 5.74) is 0.734. The van der Waals surface area contributed by atoms with Crippen LogP contribution >= 0.6 is 0 Å². The van der Waals surface area contributed by atoms with E-state index in [1.165, 1.54) is 0 Å². The van der Waals surface area contributed by atoms with Crippen LogP contribution in [0.4, 0.5) is 0 Å². The molecule has 0 spiro atoms. The van der Waals surface area contributed by atoms with E-state index in [0.29, 0.717) is 25.0 Å². The second-order valence-corrected chi connectivity index (χ2v) is 8.49. The summed E-state index contributed by atoms with van der Waals surface area (Å²) in [7, 11) is -3.33. The average molecular weight is 396 g/mol. The molecule has 2 aromatic rings. The highest BCUT2D eigenvalue weighted by Crippen LogP contribution is 2.23. The van der Waals surface area contributed by atoms with Crippen molar-refractivity contribution in [2.24, 2.45) is 0 Å². The molecule has 1 aromatic carbocycles. The number of ether oxygens (including phenoxy) is 2. The van der Waals surface area contributed by atoms with E-state index in [0.717, 1.165) is 17.7 Å². The molecule has 0 bridgehead atoms. The lowest BCUT2D eigenvalue weighted by atomic mass is 9.98. The van der Waals surface area contributed by atoms with Crippen molar-refractivity contribution in [3.63, 3.8) is 0 Å². The van der Waals surface area contributed by atoms with Gasteiger partial charge < -0.3 is 19.1 Å². The quantitative estimate of drug-likeness (QED) is 0.691. The molecule has 3 rings (SSSR count). The van der Waals surface area contributed by atoms with E-state index in [4.69, 9.17) is 14.0 Å². The van der Waals surface area contributed by atoms with Crippen LogP contribution in [-0.4, -0.2) is 49.8 Å². The van der Waals surface area contributed by atoms with Crippen LogP contribution in [0.1, 0.15) is 24.3 Å². The molecule has 0 unspecified atom stereocenters. The van der Waals surface area contributed by atoms with Crippen LogP contribution in [-0.2, 0) is 27.8 Å². The topological polar surface area (TPSA) is 111 Å². The number of rotatable bonds is 8. The van der Waals surface area contributed by atoms with Gasteiger partial charge in [-0.05, 0) is 25.0 Å². The van der Waals surface area contributed by atoms with Gasteiger partial charge in [0.15, 0.2) is 5.76 Å². The van der Waals surface area contributed by atoms with Gasteiger partial charge in [-0.25, -0.2) is 13.1 Å². The van der Waals surface area contributed by atoms with Crippen LogP contribution in [0.25, 0.3) is 0 Å². The van der Waals surface area contributed by atoms with Crippen LogP contribution in [0, 0.1) is 0 Å². The van der Waals surface area contributed by atoms with Crippen LogP contribution in [0.2, 0.25) is 0 Å². The summed E-state index contributed by atoms with van der Waals surface area (Å²) in [5.74, 6) is 1.36. The first-order chi connectivity index (χ1) is 12.9. The summed E-state index contributed by atoms with van der Waals surface area (Å²) in [6.07, 6.45) is 1.38. The van der Waals surface area contributed by atoms with Crippen molar-refractivity contribution in [1.82, 2.24) is 9.88 Å². The van der Waals surface area contributed by atoms with Gasteiger partial charge in [-0.3, -0.25) is 0 Å². The molecule has 2 N–H and O–H groups in total. The Morgan fingerprint density at radius 2 is 2.07 bits per heavy atom. The maximum absolute atomic E-state index is 11.2. The molecule has 1 aliphatic rings. The van der Waals surface area contributed by atoms with Crippen molar-refractivity contribution in [3.05, 3.63) is 47.9 Å². The van der Waals surface area contributed by atoms with Crippen molar-refractivity contribution in [2.45, 2.75) is 44.2 Å². The van der Waals surface area contributed by atoms with E-state index in [1.54, 1.807) is 0 Å². The van der Waals surface area contributed by atoms with Crippen molar-refractivity contribution >= 4 is 10.0 Å². The van der Waals surface area contributed by atoms with Crippen molar-refractivity contribution in [2.75, 3.05) is 12.8 Å². The predicted octanol–water partition coefficient (Wildman–Crippen LogP) is 1.25. The minimum absolute atomic E-state index is 0.0471. The van der Waals surface area contributed by atoms with Crippen molar-refractivity contribution in [1.29, 1.82) is 0 Å². The number of sulfonamides is 1. The van der Waals surface area contributed by atoms with Gasteiger partial charge in [0.25, 0.3) is 0 Å². The number of nitrogens with one attached hydrogen (secondary N) is 1. The molecule has 1 saturated heterocycles. The Kier molecular flexibility index (Phi) is 6.48. The molecule has 0 saturated carbocycles. The SMILES string of the molecule is CS(=O)(=O)NC[C@H]1O[C@H](Cc2cc(COc3ccccc3)on2)CC[C@@H]1O. The monoisotopic (exact) mass is 396 g/mol. The minimum atomic E-state index is -3.33. The number of benzene rings is 1. The number of aliphatic hydroxyl groups is 1. The van der Waals surface area contributed by atoms with Gasteiger partial charge in [-0.1, -0.05) is 23.4 Å². The largest absolute Gasteiger partial charge is 0.486 e. The zero-order valence-electron chi connectivity index (χ0n) is 15.1. The normalized spacial score (nSPS) is 23.3. The first-order valence-corrected chi connectivity index (χ1v) is 10.7. The Morgan fingerprint density at radius 1 is 1.30 bits per heavy atom. The van der Waals surface area contributed by atoms with Crippen LogP contribution in [0.3, 0.4) is 0 Å². The van der Waals surface area contributed by atoms with Crippen molar-refractivity contribution < 1.29 is 27.5 Å². The molecule has 8 nitrogen and oxygen atoms in total. The number of para-hydroxylation sites is 1. The van der Waals surface area contributed by atoms with Gasteiger partial charge in [0, 0.05) is 19.0 Å². The predicted molar refractivity (Wildman–Crippen MR) is 97.7 cm³/mol. The number of aromatic nitrogens is 1. The molecular formula is C18H24N2O6S. The Morgan fingerprint density at radius 3 is 2.81 bits per heavy atom. The summed E-state index contributed by atoms with van der Waals surface area (Å²) >= 11 is 0. The highest BCUT2D eigenvalue weighted by atomic mass is 32.2. The fraction of sp³-hybridized carbons (Fsp3) is 0.500. The zero-order valence-corrected chi connectivity index (χ0v) is 15.9. The summed E-state index contributed by atoms with van der Waals surface area (Å²) in [6.45, 7) is 0.327. The minimum Gasteiger partial charge on any atom is -0.486 e. The van der Waals surface area contributed by atoms with E-state index in [9.17, 15) is 13.5 Å². The van der Waals surface area contributed by atoms with E-state index in [-0.39, 0.29) is 19.3 Å². The Labute approximate surface area is 158 Å². The maximum atomic E-state index is 11.2. The van der Waals surface area contributed by atoms with Gasteiger partial charge in [-0.15, -0.1) is 0 Å². The van der Waals surface area contributed by atoms with Crippen LogP contribution in [0.15, 0.2) is 40.9 Å². The smallest absolute Gasteiger partial charge is 0.208 e. The molecule has 1 aromatic heterocycles. The lowest BCUT2D eigenvalue weighted by Gasteiger charge is -2.33. The summed E-state index contributed by atoms with van der Waals surface area (Å²) in [5, 5.41) is 14.1. The summed E-state index contributed by atoms with van der Waals surface area (Å²) in [6, 6.07) is 11.3. The molecule has 27 heavy (non-hydrogen) atoms. The number of hydrogen-bond acceptors (Lipinski definition) is 7. The molecule has 9 heteroatoms. The Balaban J connectivity index is 1.50. The third kappa shape index (κ3) is 6.31. The molecule has 2 heterocycles. The van der Waals surface area contributed by atoms with Gasteiger partial charge in [0.05, 0.1) is 30.3 Å². The van der Waals surface area contributed by atoms with E-state index < -0.39 is 22.2 Å². The van der Waals surface area contributed by atoms with Gasteiger partial charge in [0.1, 0.15) is 12.4 Å². The molecule has 3 atom stereocenters. The molecular weight excluding hydrogens is 372 g/mol. The Bertz CT molecular complexity index is 823. The molecule has 0 radical (unpaired) electrons. The first-order valence-electron chi connectivity index (χ1n) is 8.79. The van der Waals surface area contributed by atoms with E-state index in [2.05, 4.69) is 9.88 Å². The van der Waals surface area contributed by atoms with E-state index >= 15 is 0 Å².